The van der Waals surface area contributed by atoms with Gasteiger partial charge in [-0.15, -0.1) is 0 Å². The lowest BCUT2D eigenvalue weighted by Gasteiger charge is -2.36. The van der Waals surface area contributed by atoms with Gasteiger partial charge < -0.3 is 15.3 Å². The number of likely N-dealkylation sites (N-methyl/N-ethyl adjacent to an activating group) is 1. The molecule has 0 spiro atoms. The van der Waals surface area contributed by atoms with E-state index < -0.39 is 0 Å². The van der Waals surface area contributed by atoms with E-state index in [4.69, 9.17) is 0 Å². The predicted molar refractivity (Wildman–Crippen MR) is 110 cm³/mol. The number of hydrogen-bond donors (Lipinski definition) is 2. The van der Waals surface area contributed by atoms with Crippen molar-refractivity contribution >= 4 is 27.4 Å². The smallest absolute Gasteiger partial charge is 0.274 e. The van der Waals surface area contributed by atoms with Crippen LogP contribution in [0.15, 0.2) is 57.9 Å². The zero-order valence-corrected chi connectivity index (χ0v) is 16.6. The van der Waals surface area contributed by atoms with Gasteiger partial charge in [-0.3, -0.25) is 9.20 Å². The Balaban J connectivity index is 1.61. The Morgan fingerprint density at radius 3 is 2.89 bits per heavy atom. The van der Waals surface area contributed by atoms with E-state index in [1.165, 1.54) is 4.40 Å². The van der Waals surface area contributed by atoms with Crippen LogP contribution in [0.3, 0.4) is 0 Å². The molecule has 2 unspecified atom stereocenters. The predicted octanol–water partition coefficient (Wildman–Crippen LogP) is 3.06. The molecule has 1 fully saturated rings. The zero-order chi connectivity index (χ0) is 19.0. The Morgan fingerprint density at radius 2 is 2.07 bits per heavy atom. The molecule has 0 aliphatic carbocycles. The molecule has 0 amide bonds. The monoisotopic (exact) mass is 428 g/mol. The number of anilines is 1. The second-order valence-corrected chi connectivity index (χ2v) is 7.89. The van der Waals surface area contributed by atoms with Crippen molar-refractivity contribution < 1.29 is 5.11 Å². The van der Waals surface area contributed by atoms with E-state index >= 15 is 0 Å². The molecule has 2 N–H and O–H groups in total. The topological polar surface area (TPSA) is 69.9 Å². The molecular formula is C20H21BrN4O2. The van der Waals surface area contributed by atoms with Crippen molar-refractivity contribution in [2.75, 3.05) is 25.5 Å². The molecule has 1 aromatic carbocycles. The van der Waals surface area contributed by atoms with Gasteiger partial charge in [-0.25, -0.2) is 4.98 Å². The molecule has 3 aromatic rings. The molecule has 3 heterocycles. The van der Waals surface area contributed by atoms with E-state index in [0.717, 1.165) is 25.1 Å². The van der Waals surface area contributed by atoms with E-state index in [1.54, 1.807) is 12.3 Å². The standard InChI is InChI=1S/C20H21BrN4O2/c1-24-11-14(13-5-4-6-16(26)10-13)9-15(12-24)22-19-18(21)20(27)25-8-3-2-7-17(25)23-19/h2-8,10,14-15,22,26H,9,11-12H2,1H3. The number of phenols is 1. The minimum Gasteiger partial charge on any atom is -0.508 e. The quantitative estimate of drug-likeness (QED) is 0.670. The summed E-state index contributed by atoms with van der Waals surface area (Å²) in [5.41, 5.74) is 1.61. The van der Waals surface area contributed by atoms with Gasteiger partial charge in [0.25, 0.3) is 5.56 Å². The van der Waals surface area contributed by atoms with Gasteiger partial charge in [-0.1, -0.05) is 18.2 Å². The summed E-state index contributed by atoms with van der Waals surface area (Å²) in [7, 11) is 2.08. The Bertz CT molecular complexity index is 1040. The normalized spacial score (nSPS) is 20.7. The minimum atomic E-state index is -0.128. The molecule has 6 nitrogen and oxygen atoms in total. The van der Waals surface area contributed by atoms with Crippen molar-refractivity contribution in [1.29, 1.82) is 0 Å². The number of aromatic hydroxyl groups is 1. The molecule has 4 rings (SSSR count). The third-order valence-corrected chi connectivity index (χ3v) is 5.71. The summed E-state index contributed by atoms with van der Waals surface area (Å²) >= 11 is 3.41. The van der Waals surface area contributed by atoms with Crippen LogP contribution in [0, 0.1) is 0 Å². The number of fused-ring (bicyclic) bond motifs is 1. The summed E-state index contributed by atoms with van der Waals surface area (Å²) in [5, 5.41) is 13.2. The summed E-state index contributed by atoms with van der Waals surface area (Å²) < 4.78 is 1.96. The van der Waals surface area contributed by atoms with E-state index in [1.807, 2.05) is 30.3 Å². The van der Waals surface area contributed by atoms with Crippen LogP contribution in [0.1, 0.15) is 17.9 Å². The second-order valence-electron chi connectivity index (χ2n) is 7.10. The molecule has 27 heavy (non-hydrogen) atoms. The Kier molecular flexibility index (Phi) is 4.88. The third-order valence-electron chi connectivity index (χ3n) is 4.99. The number of pyridine rings is 1. The maximum absolute atomic E-state index is 12.6. The molecule has 1 aliphatic rings. The van der Waals surface area contributed by atoms with Gasteiger partial charge in [0, 0.05) is 25.3 Å². The summed E-state index contributed by atoms with van der Waals surface area (Å²) in [6.45, 7) is 1.79. The van der Waals surface area contributed by atoms with Crippen LogP contribution in [0.5, 0.6) is 5.75 Å². The first-order valence-corrected chi connectivity index (χ1v) is 9.71. The van der Waals surface area contributed by atoms with Gasteiger partial charge >= 0.3 is 0 Å². The highest BCUT2D eigenvalue weighted by Crippen LogP contribution is 2.30. The number of rotatable bonds is 3. The molecule has 0 bridgehead atoms. The average molecular weight is 429 g/mol. The summed E-state index contributed by atoms with van der Waals surface area (Å²) in [6, 6.07) is 13.1. The lowest BCUT2D eigenvalue weighted by Crippen LogP contribution is -2.43. The molecule has 1 aliphatic heterocycles. The van der Waals surface area contributed by atoms with Gasteiger partial charge in [0.1, 0.15) is 21.7 Å². The number of benzene rings is 1. The fourth-order valence-corrected chi connectivity index (χ4v) is 4.20. The van der Waals surface area contributed by atoms with Crippen molar-refractivity contribution in [1.82, 2.24) is 14.3 Å². The minimum absolute atomic E-state index is 0.128. The van der Waals surface area contributed by atoms with Crippen LogP contribution < -0.4 is 10.9 Å². The van der Waals surface area contributed by atoms with E-state index in [9.17, 15) is 9.90 Å². The number of halogens is 1. The summed E-state index contributed by atoms with van der Waals surface area (Å²) in [4.78, 5) is 19.5. The second kappa shape index (κ2) is 7.32. The van der Waals surface area contributed by atoms with Crippen molar-refractivity contribution in [3.63, 3.8) is 0 Å². The van der Waals surface area contributed by atoms with Crippen molar-refractivity contribution in [2.45, 2.75) is 18.4 Å². The Labute approximate surface area is 165 Å². The summed E-state index contributed by atoms with van der Waals surface area (Å²) in [6.07, 6.45) is 2.61. The number of likely N-dealkylation sites (tertiary alicyclic amines) is 1. The number of aromatic nitrogens is 2. The number of hydrogen-bond acceptors (Lipinski definition) is 5. The van der Waals surface area contributed by atoms with Crippen molar-refractivity contribution in [3.8, 4) is 5.75 Å². The average Bonchev–Trinajstić information content (AvgIpc) is 2.65. The first-order chi connectivity index (χ1) is 13.0. The van der Waals surface area contributed by atoms with Gasteiger partial charge in [0.2, 0.25) is 0 Å². The van der Waals surface area contributed by atoms with Crippen LogP contribution in [0.25, 0.3) is 5.65 Å². The van der Waals surface area contributed by atoms with E-state index in [0.29, 0.717) is 21.9 Å². The van der Waals surface area contributed by atoms with Crippen LogP contribution >= 0.6 is 15.9 Å². The highest BCUT2D eigenvalue weighted by atomic mass is 79.9. The molecule has 2 atom stereocenters. The largest absolute Gasteiger partial charge is 0.508 e. The van der Waals surface area contributed by atoms with Crippen LogP contribution in [-0.2, 0) is 0 Å². The molecule has 0 radical (unpaired) electrons. The number of nitrogens with one attached hydrogen (secondary N) is 1. The number of piperidine rings is 1. The summed E-state index contributed by atoms with van der Waals surface area (Å²) in [5.74, 6) is 1.16. The molecule has 7 heteroatoms. The third kappa shape index (κ3) is 3.70. The molecule has 1 saturated heterocycles. The maximum atomic E-state index is 12.6. The van der Waals surface area contributed by atoms with Gasteiger partial charge in [-0.2, -0.15) is 0 Å². The molecule has 0 saturated carbocycles. The van der Waals surface area contributed by atoms with Crippen LogP contribution in [0.4, 0.5) is 5.82 Å². The van der Waals surface area contributed by atoms with Gasteiger partial charge in [0.15, 0.2) is 0 Å². The maximum Gasteiger partial charge on any atom is 0.274 e. The van der Waals surface area contributed by atoms with E-state index in [2.05, 4.69) is 44.2 Å². The van der Waals surface area contributed by atoms with Gasteiger partial charge in [0.05, 0.1) is 0 Å². The Hall–Kier alpha value is -2.38. The van der Waals surface area contributed by atoms with Crippen LogP contribution in [0.2, 0.25) is 0 Å². The first-order valence-electron chi connectivity index (χ1n) is 8.92. The fraction of sp³-hybridized carbons (Fsp3) is 0.300. The highest BCUT2D eigenvalue weighted by molar-refractivity contribution is 9.10. The number of nitrogens with zero attached hydrogens (tertiary/aromatic N) is 3. The zero-order valence-electron chi connectivity index (χ0n) is 15.0. The van der Waals surface area contributed by atoms with Gasteiger partial charge in [-0.05, 0) is 65.1 Å². The van der Waals surface area contributed by atoms with E-state index in [-0.39, 0.29) is 17.4 Å². The number of phenolic OH excluding ortho intramolecular Hbond substituents is 1. The first kappa shape index (κ1) is 18.0. The lowest BCUT2D eigenvalue weighted by atomic mass is 9.88. The fourth-order valence-electron chi connectivity index (χ4n) is 3.80. The Morgan fingerprint density at radius 1 is 1.22 bits per heavy atom. The lowest BCUT2D eigenvalue weighted by molar-refractivity contribution is 0.235. The highest BCUT2D eigenvalue weighted by Gasteiger charge is 2.27. The molecule has 140 valence electrons. The SMILES string of the molecule is CN1CC(Nc2nc3ccccn3c(=O)c2Br)CC(c2cccc(O)c2)C1. The van der Waals surface area contributed by atoms with Crippen molar-refractivity contribution in [3.05, 3.63) is 69.1 Å². The van der Waals surface area contributed by atoms with Crippen LogP contribution in [-0.4, -0.2) is 45.6 Å². The van der Waals surface area contributed by atoms with Crippen molar-refractivity contribution in [2.24, 2.45) is 0 Å². The molecule has 2 aromatic heterocycles. The molecular weight excluding hydrogens is 408 g/mol.